The van der Waals surface area contributed by atoms with Crippen molar-refractivity contribution < 1.29 is 0 Å². The van der Waals surface area contributed by atoms with Crippen LogP contribution in [0.25, 0.3) is 189 Å². The van der Waals surface area contributed by atoms with E-state index in [-0.39, 0.29) is 0 Å². The minimum Gasteiger partial charge on any atom is -0.309 e. The SMILES string of the molecule is c1ccc(-c2ccc3c(c2)c2cc(-c4ccc5c(c4)c4ccccc4n5-c4ccccc4)ccc2n3-c2nc(-c3ccccc3)c3ccccc3n2)cc1.c1ccc(-c2nc(-c3ccccc3)nc(-n3c4ccccc4c4cc(-c5ccc(-n6c7ccccc7c7ccccc76)cc5)ccc43)n2)cc1. The maximum absolute atomic E-state index is 5.31. The van der Waals surface area contributed by atoms with Crippen molar-refractivity contribution in [3.8, 4) is 90.7 Å². The first-order chi connectivity index (χ1) is 51.6. The maximum Gasteiger partial charge on any atom is 0.238 e. The molecule has 0 saturated carbocycles. The Labute approximate surface area is 598 Å². The molecule has 0 fully saturated rings. The van der Waals surface area contributed by atoms with E-state index in [4.69, 9.17) is 24.9 Å². The molecule has 9 heteroatoms. The quantitative estimate of drug-likeness (QED) is 0.136. The third-order valence-corrected chi connectivity index (χ3v) is 20.3. The fraction of sp³-hybridized carbons (Fsp3) is 0. The smallest absolute Gasteiger partial charge is 0.238 e. The lowest BCUT2D eigenvalue weighted by atomic mass is 9.99. The van der Waals surface area contributed by atoms with Crippen LogP contribution in [0.5, 0.6) is 0 Å². The molecule has 9 nitrogen and oxygen atoms in total. The molecule has 0 atom stereocenters. The number of hydrogen-bond acceptors (Lipinski definition) is 5. The van der Waals surface area contributed by atoms with Crippen molar-refractivity contribution in [1.29, 1.82) is 0 Å². The predicted molar refractivity (Wildman–Crippen MR) is 429 cm³/mol. The second kappa shape index (κ2) is 24.9. The van der Waals surface area contributed by atoms with Crippen LogP contribution < -0.4 is 0 Å². The van der Waals surface area contributed by atoms with Gasteiger partial charge in [0.05, 0.1) is 55.3 Å². The van der Waals surface area contributed by atoms with Crippen molar-refractivity contribution in [2.45, 2.75) is 0 Å². The van der Waals surface area contributed by atoms with Crippen molar-refractivity contribution in [2.24, 2.45) is 0 Å². The van der Waals surface area contributed by atoms with Crippen LogP contribution in [0.4, 0.5) is 0 Å². The van der Waals surface area contributed by atoms with Crippen molar-refractivity contribution >= 4 is 98.1 Å². The Hall–Kier alpha value is -14.2. The van der Waals surface area contributed by atoms with Gasteiger partial charge in [-0.2, -0.15) is 9.97 Å². The lowest BCUT2D eigenvalue weighted by molar-refractivity contribution is 0.953. The van der Waals surface area contributed by atoms with Gasteiger partial charge in [-0.1, -0.05) is 267 Å². The average Bonchev–Trinajstić information content (AvgIpc) is 1.59. The Morgan fingerprint density at radius 1 is 0.163 bits per heavy atom. The minimum absolute atomic E-state index is 0.590. The fourth-order valence-electron chi connectivity index (χ4n) is 15.5. The zero-order valence-electron chi connectivity index (χ0n) is 56.2. The summed E-state index contributed by atoms with van der Waals surface area (Å²) in [6.07, 6.45) is 0. The molecule has 0 aliphatic rings. The van der Waals surface area contributed by atoms with Gasteiger partial charge in [0.2, 0.25) is 11.9 Å². The zero-order valence-corrected chi connectivity index (χ0v) is 56.2. The highest BCUT2D eigenvalue weighted by Crippen LogP contribution is 2.42. The Kier molecular flexibility index (Phi) is 14.4. The number of para-hydroxylation sites is 6. The van der Waals surface area contributed by atoms with Crippen LogP contribution in [-0.2, 0) is 0 Å². The highest BCUT2D eigenvalue weighted by molar-refractivity contribution is 6.15. The largest absolute Gasteiger partial charge is 0.309 e. The number of hydrogen-bond donors (Lipinski definition) is 0. The van der Waals surface area contributed by atoms with Gasteiger partial charge in [0.1, 0.15) is 0 Å². The van der Waals surface area contributed by atoms with Gasteiger partial charge >= 0.3 is 0 Å². The van der Waals surface area contributed by atoms with Crippen molar-refractivity contribution in [3.05, 3.63) is 370 Å². The van der Waals surface area contributed by atoms with E-state index in [9.17, 15) is 0 Å². The Morgan fingerprint density at radius 2 is 0.452 bits per heavy atom. The first-order valence-corrected chi connectivity index (χ1v) is 35.1. The molecule has 0 saturated heterocycles. The molecule has 0 spiro atoms. The lowest BCUT2D eigenvalue weighted by Crippen LogP contribution is -2.06. The molecule has 0 bridgehead atoms. The Bertz CT molecular complexity index is 6770. The summed E-state index contributed by atoms with van der Waals surface area (Å²) < 4.78 is 9.12. The predicted octanol–water partition coefficient (Wildman–Crippen LogP) is 23.9. The number of nitrogens with zero attached hydrogens (tertiary/aromatic N) is 9. The molecule has 0 aliphatic carbocycles. The van der Waals surface area contributed by atoms with Crippen LogP contribution in [0.1, 0.15) is 0 Å². The number of benzene rings is 15. The fourth-order valence-corrected chi connectivity index (χ4v) is 15.5. The summed E-state index contributed by atoms with van der Waals surface area (Å²) in [5, 5.41) is 10.6. The molecule has 0 radical (unpaired) electrons. The van der Waals surface area contributed by atoms with E-state index >= 15 is 0 Å². The minimum atomic E-state index is 0.590. The average molecular weight is 1330 g/mol. The first kappa shape index (κ1) is 59.9. The molecule has 0 aliphatic heterocycles. The van der Waals surface area contributed by atoms with Gasteiger partial charge in [-0.05, 0) is 137 Å². The van der Waals surface area contributed by atoms with E-state index in [1.165, 1.54) is 60.3 Å². The topological polar surface area (TPSA) is 84.2 Å². The summed E-state index contributed by atoms with van der Waals surface area (Å²) in [6.45, 7) is 0. The summed E-state index contributed by atoms with van der Waals surface area (Å²) in [4.78, 5) is 25.6. The van der Waals surface area contributed by atoms with Gasteiger partial charge in [0.15, 0.2) is 11.6 Å². The summed E-state index contributed by atoms with van der Waals surface area (Å²) in [6, 6.07) is 131. The normalized spacial score (nSPS) is 11.7. The summed E-state index contributed by atoms with van der Waals surface area (Å²) in [5.74, 6) is 2.52. The van der Waals surface area contributed by atoms with Crippen molar-refractivity contribution in [3.63, 3.8) is 0 Å². The monoisotopic (exact) mass is 1330 g/mol. The van der Waals surface area contributed by atoms with E-state index in [2.05, 4.69) is 316 Å². The van der Waals surface area contributed by atoms with Gasteiger partial charge < -0.3 is 9.13 Å². The summed E-state index contributed by atoms with van der Waals surface area (Å²) in [7, 11) is 0. The molecule has 104 heavy (non-hydrogen) atoms. The van der Waals surface area contributed by atoms with Crippen LogP contribution in [0.15, 0.2) is 370 Å². The molecule has 21 rings (SSSR count). The molecule has 6 aromatic heterocycles. The summed E-state index contributed by atoms with van der Waals surface area (Å²) in [5.41, 5.74) is 23.1. The van der Waals surface area contributed by atoms with E-state index in [0.717, 1.165) is 105 Å². The Morgan fingerprint density at radius 3 is 0.904 bits per heavy atom. The molecule has 0 N–H and O–H groups in total. The highest BCUT2D eigenvalue weighted by atomic mass is 15.2. The van der Waals surface area contributed by atoms with Gasteiger partial charge in [0, 0.05) is 76.5 Å². The molecular weight excluding hydrogens is 1270 g/mol. The van der Waals surface area contributed by atoms with Crippen LogP contribution in [-0.4, -0.2) is 43.2 Å². The first-order valence-electron chi connectivity index (χ1n) is 35.1. The second-order valence-corrected chi connectivity index (χ2v) is 26.4. The van der Waals surface area contributed by atoms with Gasteiger partial charge in [-0.15, -0.1) is 0 Å². The van der Waals surface area contributed by atoms with Crippen LogP contribution in [0.2, 0.25) is 0 Å². The molecule has 486 valence electrons. The molecule has 15 aromatic carbocycles. The van der Waals surface area contributed by atoms with E-state index in [1.807, 2.05) is 72.8 Å². The van der Waals surface area contributed by atoms with Gasteiger partial charge in [-0.25, -0.2) is 15.0 Å². The third-order valence-electron chi connectivity index (χ3n) is 20.3. The molecule has 0 amide bonds. The standard InChI is InChI=1S/C50H32N4.C45H29N5/c1-4-14-33(15-5-1)35-24-28-47-42(30-35)43-32-37(36-25-27-46-41(31-36)39-20-11-13-23-45(39)53(46)38-18-8-3-9-19-38)26-29-48(43)54(47)50-51-44-22-12-10-21-40(44)49(52-50)34-16-6-2-7-17-34;1-3-13-31(14-4-1)43-46-44(32-15-5-2-6-16-32)48-45(47-43)50-41-22-12-9-19-37(41)38-29-33(25-28-42(38)50)30-23-26-34(27-24-30)49-39-20-10-7-17-35(39)36-18-8-11-21-40(36)49/h1-32H;1-29H. The number of rotatable bonds is 10. The van der Waals surface area contributed by atoms with Crippen LogP contribution >= 0.6 is 0 Å². The highest BCUT2D eigenvalue weighted by Gasteiger charge is 2.23. The van der Waals surface area contributed by atoms with Crippen molar-refractivity contribution in [1.82, 2.24) is 43.2 Å². The van der Waals surface area contributed by atoms with Gasteiger partial charge in [-0.3, -0.25) is 9.13 Å². The molecular formula is C95H61N9. The van der Waals surface area contributed by atoms with Gasteiger partial charge in [0.25, 0.3) is 0 Å². The van der Waals surface area contributed by atoms with Crippen molar-refractivity contribution in [2.75, 3.05) is 0 Å². The van der Waals surface area contributed by atoms with E-state index in [0.29, 0.717) is 23.5 Å². The molecule has 21 aromatic rings. The summed E-state index contributed by atoms with van der Waals surface area (Å²) >= 11 is 0. The molecule has 0 unspecified atom stereocenters. The van der Waals surface area contributed by atoms with E-state index < -0.39 is 0 Å². The number of fused-ring (bicyclic) bond motifs is 13. The number of aromatic nitrogens is 9. The van der Waals surface area contributed by atoms with Crippen LogP contribution in [0, 0.1) is 0 Å². The second-order valence-electron chi connectivity index (χ2n) is 26.4. The zero-order chi connectivity index (χ0) is 68.6. The Balaban J connectivity index is 0.000000139. The lowest BCUT2D eigenvalue weighted by Gasteiger charge is -2.12. The molecule has 6 heterocycles. The maximum atomic E-state index is 5.31. The van der Waals surface area contributed by atoms with E-state index in [1.54, 1.807) is 0 Å². The van der Waals surface area contributed by atoms with Crippen LogP contribution in [0.3, 0.4) is 0 Å². The third kappa shape index (κ3) is 10.2.